The second-order valence-electron chi connectivity index (χ2n) is 10.4. The molecule has 3 aromatic rings. The lowest BCUT2D eigenvalue weighted by Gasteiger charge is -2.33. The van der Waals surface area contributed by atoms with Gasteiger partial charge in [0.05, 0.1) is 5.70 Å². The maximum atomic E-state index is 12.6. The fourth-order valence-electron chi connectivity index (χ4n) is 5.43. The molecule has 1 fully saturated rings. The fourth-order valence-corrected chi connectivity index (χ4v) is 5.43. The number of nitrogens with zero attached hydrogens (tertiary/aromatic N) is 3. The van der Waals surface area contributed by atoms with E-state index in [2.05, 4.69) is 50.6 Å². The van der Waals surface area contributed by atoms with Crippen LogP contribution < -0.4 is 10.6 Å². The number of allylic oxidation sites excluding steroid dienone is 1. The number of rotatable bonds is 10. The number of carbonyl (C=O) groups excluding carboxylic acids is 2. The number of fused-ring (bicyclic) bond motifs is 1. The van der Waals surface area contributed by atoms with E-state index in [1.807, 2.05) is 36.4 Å². The van der Waals surface area contributed by atoms with Crippen LogP contribution in [0.25, 0.3) is 11.3 Å². The second-order valence-corrected chi connectivity index (χ2v) is 10.4. The van der Waals surface area contributed by atoms with Gasteiger partial charge in [0.2, 0.25) is 0 Å². The van der Waals surface area contributed by atoms with Gasteiger partial charge in [0.25, 0.3) is 0 Å². The summed E-state index contributed by atoms with van der Waals surface area (Å²) in [5.74, 6) is 0. The van der Waals surface area contributed by atoms with Gasteiger partial charge in [-0.15, -0.1) is 0 Å². The normalized spacial score (nSPS) is 16.9. The Morgan fingerprint density at radius 1 is 0.846 bits per heavy atom. The van der Waals surface area contributed by atoms with E-state index in [0.717, 1.165) is 93.1 Å². The molecular formula is C32H37N5O2. The van der Waals surface area contributed by atoms with Gasteiger partial charge < -0.3 is 15.5 Å². The highest BCUT2D eigenvalue weighted by Gasteiger charge is 2.22. The van der Waals surface area contributed by atoms with Crippen molar-refractivity contribution in [1.29, 1.82) is 0 Å². The van der Waals surface area contributed by atoms with E-state index in [4.69, 9.17) is 0 Å². The quantitative estimate of drug-likeness (QED) is 0.234. The summed E-state index contributed by atoms with van der Waals surface area (Å²) in [5.41, 5.74) is 7.81. The SMILES string of the molecule is CNc1cc(C=O)ccc1/C(C=O)=C(/Nc1ccc2c(c1)CN(CCN1CCN(C)CC1)C2)c1ccccc1. The minimum atomic E-state index is 0.525. The van der Waals surface area contributed by atoms with Crippen LogP contribution in [-0.4, -0.2) is 80.6 Å². The van der Waals surface area contributed by atoms with Crippen molar-refractivity contribution >= 4 is 35.2 Å². The number of anilines is 2. The van der Waals surface area contributed by atoms with Gasteiger partial charge in [-0.1, -0.05) is 48.5 Å². The molecule has 39 heavy (non-hydrogen) atoms. The lowest BCUT2D eigenvalue weighted by atomic mass is 9.97. The van der Waals surface area contributed by atoms with Gasteiger partial charge >= 0.3 is 0 Å². The average molecular weight is 524 g/mol. The fraction of sp³-hybridized carbons (Fsp3) is 0.312. The molecule has 0 bridgehead atoms. The van der Waals surface area contributed by atoms with Crippen molar-refractivity contribution in [3.8, 4) is 0 Å². The summed E-state index contributed by atoms with van der Waals surface area (Å²) < 4.78 is 0. The number of carbonyl (C=O) groups is 2. The van der Waals surface area contributed by atoms with Crippen molar-refractivity contribution in [3.05, 3.63) is 94.5 Å². The zero-order valence-electron chi connectivity index (χ0n) is 22.8. The lowest BCUT2D eigenvalue weighted by Crippen LogP contribution is -2.46. The van der Waals surface area contributed by atoms with Crippen LogP contribution in [0.2, 0.25) is 0 Å². The first-order valence-electron chi connectivity index (χ1n) is 13.6. The molecule has 5 rings (SSSR count). The van der Waals surface area contributed by atoms with E-state index in [0.29, 0.717) is 11.1 Å². The second kappa shape index (κ2) is 12.4. The molecule has 1 saturated heterocycles. The third-order valence-electron chi connectivity index (χ3n) is 7.78. The third-order valence-corrected chi connectivity index (χ3v) is 7.78. The van der Waals surface area contributed by atoms with Crippen LogP contribution in [0.1, 0.15) is 32.6 Å². The molecule has 0 radical (unpaired) electrons. The van der Waals surface area contributed by atoms with Crippen molar-refractivity contribution in [2.75, 3.05) is 64.0 Å². The Labute approximate surface area is 231 Å². The number of likely N-dealkylation sites (N-methyl/N-ethyl adjacent to an activating group) is 1. The molecule has 0 aliphatic carbocycles. The first-order chi connectivity index (χ1) is 19.1. The van der Waals surface area contributed by atoms with Crippen molar-refractivity contribution in [1.82, 2.24) is 14.7 Å². The Balaban J connectivity index is 1.39. The molecule has 3 aromatic carbocycles. The van der Waals surface area contributed by atoms with E-state index >= 15 is 0 Å². The van der Waals surface area contributed by atoms with Crippen molar-refractivity contribution < 1.29 is 9.59 Å². The smallest absolute Gasteiger partial charge is 0.152 e. The van der Waals surface area contributed by atoms with Crippen LogP contribution in [0, 0.1) is 0 Å². The summed E-state index contributed by atoms with van der Waals surface area (Å²) >= 11 is 0. The molecule has 2 aliphatic rings. The Morgan fingerprint density at radius 3 is 2.31 bits per heavy atom. The standard InChI is InChI=1S/C32H37N5O2/c1-33-31-18-24(22-38)8-11-29(31)30(23-39)32(25-6-4-3-5-7-25)34-28-10-9-26-20-37(21-27(26)19-28)17-16-36-14-12-35(2)13-15-36/h3-11,18-19,22-23,33-34H,12-17,20-21H2,1-2H3/b32-30+. The first kappa shape index (κ1) is 26.8. The van der Waals surface area contributed by atoms with Gasteiger partial charge in [0, 0.05) is 87.5 Å². The van der Waals surface area contributed by atoms with E-state index in [-0.39, 0.29) is 0 Å². The van der Waals surface area contributed by atoms with Gasteiger partial charge in [-0.3, -0.25) is 19.4 Å². The molecule has 0 saturated carbocycles. The predicted octanol–water partition coefficient (Wildman–Crippen LogP) is 4.28. The topological polar surface area (TPSA) is 67.9 Å². The molecule has 2 aliphatic heterocycles. The molecule has 202 valence electrons. The molecule has 2 heterocycles. The van der Waals surface area contributed by atoms with Crippen LogP contribution in [0.5, 0.6) is 0 Å². The Morgan fingerprint density at radius 2 is 1.59 bits per heavy atom. The zero-order chi connectivity index (χ0) is 27.2. The highest BCUT2D eigenvalue weighted by molar-refractivity contribution is 6.20. The maximum absolute atomic E-state index is 12.6. The van der Waals surface area contributed by atoms with Crippen LogP contribution in [0.4, 0.5) is 11.4 Å². The molecular weight excluding hydrogens is 486 g/mol. The summed E-state index contributed by atoms with van der Waals surface area (Å²) in [5, 5.41) is 6.72. The number of benzene rings is 3. The Kier molecular flexibility index (Phi) is 8.51. The minimum Gasteiger partial charge on any atom is -0.388 e. The van der Waals surface area contributed by atoms with Gasteiger partial charge in [0.1, 0.15) is 6.29 Å². The van der Waals surface area contributed by atoms with E-state index in [1.165, 1.54) is 11.1 Å². The molecule has 7 nitrogen and oxygen atoms in total. The van der Waals surface area contributed by atoms with Crippen LogP contribution in [-0.2, 0) is 17.9 Å². The highest BCUT2D eigenvalue weighted by Crippen LogP contribution is 2.33. The zero-order valence-corrected chi connectivity index (χ0v) is 22.8. The molecule has 0 spiro atoms. The molecule has 0 aromatic heterocycles. The number of hydrogen-bond donors (Lipinski definition) is 2. The average Bonchev–Trinajstić information content (AvgIpc) is 3.39. The Hall–Kier alpha value is -3.78. The molecule has 0 amide bonds. The monoisotopic (exact) mass is 523 g/mol. The van der Waals surface area contributed by atoms with Gasteiger partial charge in [-0.05, 0) is 41.9 Å². The van der Waals surface area contributed by atoms with Crippen LogP contribution in [0.15, 0.2) is 66.7 Å². The summed E-state index contributed by atoms with van der Waals surface area (Å²) in [6.07, 6.45) is 1.70. The summed E-state index contributed by atoms with van der Waals surface area (Å²) in [6.45, 7) is 8.65. The summed E-state index contributed by atoms with van der Waals surface area (Å²) in [6, 6.07) is 21.7. The maximum Gasteiger partial charge on any atom is 0.152 e. The van der Waals surface area contributed by atoms with Crippen molar-refractivity contribution in [2.45, 2.75) is 13.1 Å². The Bertz CT molecular complexity index is 1350. The van der Waals surface area contributed by atoms with Gasteiger partial charge in [-0.2, -0.15) is 0 Å². The van der Waals surface area contributed by atoms with E-state index in [1.54, 1.807) is 19.2 Å². The lowest BCUT2D eigenvalue weighted by molar-refractivity contribution is -0.103. The van der Waals surface area contributed by atoms with Crippen molar-refractivity contribution in [2.24, 2.45) is 0 Å². The predicted molar refractivity (Wildman–Crippen MR) is 159 cm³/mol. The van der Waals surface area contributed by atoms with E-state index < -0.39 is 0 Å². The molecule has 7 heteroatoms. The van der Waals surface area contributed by atoms with Gasteiger partial charge in [-0.25, -0.2) is 0 Å². The van der Waals surface area contributed by atoms with Crippen LogP contribution >= 0.6 is 0 Å². The largest absolute Gasteiger partial charge is 0.388 e. The molecule has 0 atom stereocenters. The number of nitrogens with one attached hydrogen (secondary N) is 2. The minimum absolute atomic E-state index is 0.525. The third kappa shape index (κ3) is 6.28. The number of hydrogen-bond acceptors (Lipinski definition) is 7. The molecule has 2 N–H and O–H groups in total. The highest BCUT2D eigenvalue weighted by atomic mass is 16.1. The van der Waals surface area contributed by atoms with Gasteiger partial charge in [0.15, 0.2) is 6.29 Å². The van der Waals surface area contributed by atoms with E-state index in [9.17, 15) is 9.59 Å². The summed E-state index contributed by atoms with van der Waals surface area (Å²) in [7, 11) is 3.99. The molecule has 0 unspecified atom stereocenters. The summed E-state index contributed by atoms with van der Waals surface area (Å²) in [4.78, 5) is 31.4. The number of aldehydes is 2. The number of piperazine rings is 1. The van der Waals surface area contributed by atoms with Crippen LogP contribution in [0.3, 0.4) is 0 Å². The van der Waals surface area contributed by atoms with Crippen molar-refractivity contribution in [3.63, 3.8) is 0 Å². The first-order valence-corrected chi connectivity index (χ1v) is 13.6.